The molecule has 1 aliphatic heterocycles. The lowest BCUT2D eigenvalue weighted by Gasteiger charge is -2.10. The van der Waals surface area contributed by atoms with E-state index in [9.17, 15) is 0 Å². The van der Waals surface area contributed by atoms with Crippen molar-refractivity contribution >= 4 is 0 Å². The number of aliphatic hydroxyl groups is 1. The van der Waals surface area contributed by atoms with E-state index in [2.05, 4.69) is 12.2 Å². The van der Waals surface area contributed by atoms with E-state index >= 15 is 0 Å². The number of hydrogen-bond donors (Lipinski definition) is 2. The molecular formula is C7H15NO. The predicted molar refractivity (Wildman–Crippen MR) is 37.0 cm³/mol. The van der Waals surface area contributed by atoms with E-state index in [4.69, 9.17) is 5.11 Å². The maximum Gasteiger partial charge on any atom is 0.105 e. The lowest BCUT2D eigenvalue weighted by Crippen LogP contribution is -2.28. The van der Waals surface area contributed by atoms with Crippen molar-refractivity contribution in [1.29, 1.82) is 0 Å². The summed E-state index contributed by atoms with van der Waals surface area (Å²) in [4.78, 5) is 0. The molecule has 0 aromatic heterocycles. The Labute approximate surface area is 56.3 Å². The lowest BCUT2D eigenvalue weighted by molar-refractivity contribution is 0.122. The van der Waals surface area contributed by atoms with Crippen molar-refractivity contribution in [2.24, 2.45) is 5.92 Å². The SMILES string of the molecule is C[C@@H]1CCCNC(O)C1. The number of nitrogens with one attached hydrogen (secondary N) is 1. The Balaban J connectivity index is 2.29. The fraction of sp³-hybridized carbons (Fsp3) is 1.00. The highest BCUT2D eigenvalue weighted by atomic mass is 16.3. The highest BCUT2D eigenvalue weighted by Crippen LogP contribution is 2.14. The first kappa shape index (κ1) is 7.03. The molecule has 1 fully saturated rings. The van der Waals surface area contributed by atoms with E-state index in [1.54, 1.807) is 0 Å². The third-order valence-electron chi connectivity index (χ3n) is 1.88. The van der Waals surface area contributed by atoms with Crippen LogP contribution in [0.3, 0.4) is 0 Å². The van der Waals surface area contributed by atoms with E-state index in [1.807, 2.05) is 0 Å². The highest BCUT2D eigenvalue weighted by Gasteiger charge is 2.12. The Kier molecular flexibility index (Phi) is 2.49. The fourth-order valence-corrected chi connectivity index (χ4v) is 1.30. The van der Waals surface area contributed by atoms with Crippen LogP contribution >= 0.6 is 0 Å². The van der Waals surface area contributed by atoms with Gasteiger partial charge in [0.1, 0.15) is 6.23 Å². The normalized spacial score (nSPS) is 38.0. The molecule has 1 unspecified atom stereocenters. The minimum Gasteiger partial charge on any atom is -0.379 e. The molecule has 0 amide bonds. The second-order valence-corrected chi connectivity index (χ2v) is 2.95. The van der Waals surface area contributed by atoms with E-state index < -0.39 is 0 Å². The summed E-state index contributed by atoms with van der Waals surface area (Å²) in [5.74, 6) is 0.690. The van der Waals surface area contributed by atoms with Crippen LogP contribution in [0.4, 0.5) is 0 Å². The average molecular weight is 129 g/mol. The molecule has 0 saturated carbocycles. The van der Waals surface area contributed by atoms with Crippen molar-refractivity contribution in [3.05, 3.63) is 0 Å². The first-order chi connectivity index (χ1) is 4.29. The van der Waals surface area contributed by atoms with E-state index in [0.717, 1.165) is 13.0 Å². The zero-order valence-corrected chi connectivity index (χ0v) is 5.93. The molecule has 1 heterocycles. The van der Waals surface area contributed by atoms with Crippen LogP contribution in [-0.2, 0) is 0 Å². The third kappa shape index (κ3) is 2.33. The van der Waals surface area contributed by atoms with Gasteiger partial charge in [-0.05, 0) is 31.7 Å². The fourth-order valence-electron chi connectivity index (χ4n) is 1.30. The number of hydrogen-bond acceptors (Lipinski definition) is 2. The van der Waals surface area contributed by atoms with Gasteiger partial charge < -0.3 is 5.11 Å². The largest absolute Gasteiger partial charge is 0.379 e. The van der Waals surface area contributed by atoms with Gasteiger partial charge in [-0.15, -0.1) is 0 Å². The highest BCUT2D eigenvalue weighted by molar-refractivity contribution is 4.65. The molecule has 1 rings (SSSR count). The summed E-state index contributed by atoms with van der Waals surface area (Å²) in [6, 6.07) is 0. The van der Waals surface area contributed by atoms with Gasteiger partial charge in [-0.25, -0.2) is 0 Å². The Morgan fingerprint density at radius 2 is 2.33 bits per heavy atom. The Bertz CT molecular complexity index is 75.0. The summed E-state index contributed by atoms with van der Waals surface area (Å²) >= 11 is 0. The van der Waals surface area contributed by atoms with Crippen molar-refractivity contribution in [1.82, 2.24) is 5.32 Å². The smallest absolute Gasteiger partial charge is 0.105 e. The molecule has 0 aliphatic carbocycles. The molecule has 2 heteroatoms. The Morgan fingerprint density at radius 3 is 3.11 bits per heavy atom. The summed E-state index contributed by atoms with van der Waals surface area (Å²) in [6.45, 7) is 3.17. The van der Waals surface area contributed by atoms with Crippen molar-refractivity contribution in [2.45, 2.75) is 32.4 Å². The van der Waals surface area contributed by atoms with Crippen molar-refractivity contribution < 1.29 is 5.11 Å². The zero-order chi connectivity index (χ0) is 6.69. The van der Waals surface area contributed by atoms with Crippen molar-refractivity contribution in [3.8, 4) is 0 Å². The Hall–Kier alpha value is -0.0800. The van der Waals surface area contributed by atoms with Crippen LogP contribution in [0.15, 0.2) is 0 Å². The third-order valence-corrected chi connectivity index (χ3v) is 1.88. The molecule has 1 aliphatic rings. The van der Waals surface area contributed by atoms with Crippen LogP contribution in [-0.4, -0.2) is 17.9 Å². The van der Waals surface area contributed by atoms with Gasteiger partial charge >= 0.3 is 0 Å². The molecule has 0 bridgehead atoms. The molecular weight excluding hydrogens is 114 g/mol. The molecule has 0 spiro atoms. The van der Waals surface area contributed by atoms with Crippen LogP contribution < -0.4 is 5.32 Å². The van der Waals surface area contributed by atoms with Crippen LogP contribution in [0.25, 0.3) is 0 Å². The zero-order valence-electron chi connectivity index (χ0n) is 5.93. The van der Waals surface area contributed by atoms with Gasteiger partial charge in [0.2, 0.25) is 0 Å². The van der Waals surface area contributed by atoms with Gasteiger partial charge in [0, 0.05) is 0 Å². The van der Waals surface area contributed by atoms with Crippen LogP contribution in [0.1, 0.15) is 26.2 Å². The standard InChI is InChI=1S/C7H15NO/c1-6-3-2-4-8-7(9)5-6/h6-9H,2-5H2,1H3/t6-,7?/m1/s1. The molecule has 1 saturated heterocycles. The van der Waals surface area contributed by atoms with Crippen molar-refractivity contribution in [3.63, 3.8) is 0 Å². The summed E-state index contributed by atoms with van der Waals surface area (Å²) in [6.07, 6.45) is 3.13. The monoisotopic (exact) mass is 129 g/mol. The van der Waals surface area contributed by atoms with E-state index in [0.29, 0.717) is 5.92 Å². The van der Waals surface area contributed by atoms with E-state index in [-0.39, 0.29) is 6.23 Å². The lowest BCUT2D eigenvalue weighted by atomic mass is 10.0. The molecule has 2 nitrogen and oxygen atoms in total. The topological polar surface area (TPSA) is 32.3 Å². The molecule has 54 valence electrons. The predicted octanol–water partition coefficient (Wildman–Crippen LogP) is 0.714. The molecule has 0 aromatic carbocycles. The summed E-state index contributed by atoms with van der Waals surface area (Å²) < 4.78 is 0. The maximum absolute atomic E-state index is 9.15. The number of rotatable bonds is 0. The molecule has 2 atom stereocenters. The average Bonchev–Trinajstić information content (AvgIpc) is 1.93. The summed E-state index contributed by atoms with van der Waals surface area (Å²) in [5.41, 5.74) is 0. The Morgan fingerprint density at radius 1 is 1.56 bits per heavy atom. The molecule has 0 aromatic rings. The van der Waals surface area contributed by atoms with Gasteiger partial charge in [-0.1, -0.05) is 6.92 Å². The maximum atomic E-state index is 9.15. The van der Waals surface area contributed by atoms with Gasteiger partial charge in [-0.2, -0.15) is 0 Å². The van der Waals surface area contributed by atoms with Gasteiger partial charge in [0.15, 0.2) is 0 Å². The minimum absolute atomic E-state index is 0.248. The van der Waals surface area contributed by atoms with Crippen LogP contribution in [0.5, 0.6) is 0 Å². The van der Waals surface area contributed by atoms with Crippen LogP contribution in [0.2, 0.25) is 0 Å². The summed E-state index contributed by atoms with van der Waals surface area (Å²) in [7, 11) is 0. The van der Waals surface area contributed by atoms with Crippen LogP contribution in [0, 0.1) is 5.92 Å². The first-order valence-electron chi connectivity index (χ1n) is 3.70. The second kappa shape index (κ2) is 3.18. The second-order valence-electron chi connectivity index (χ2n) is 2.95. The number of aliphatic hydroxyl groups excluding tert-OH is 1. The van der Waals surface area contributed by atoms with Gasteiger partial charge in [-0.3, -0.25) is 5.32 Å². The minimum atomic E-state index is -0.248. The quantitative estimate of drug-likeness (QED) is 0.505. The van der Waals surface area contributed by atoms with Gasteiger partial charge in [0.05, 0.1) is 0 Å². The van der Waals surface area contributed by atoms with Crippen molar-refractivity contribution in [2.75, 3.05) is 6.54 Å². The first-order valence-corrected chi connectivity index (χ1v) is 3.70. The van der Waals surface area contributed by atoms with E-state index in [1.165, 1.54) is 12.8 Å². The molecule has 0 radical (unpaired) electrons. The van der Waals surface area contributed by atoms with Gasteiger partial charge in [0.25, 0.3) is 0 Å². The molecule has 9 heavy (non-hydrogen) atoms. The molecule has 2 N–H and O–H groups in total. The summed E-state index contributed by atoms with van der Waals surface area (Å²) in [5, 5.41) is 12.2.